The second-order valence-corrected chi connectivity index (χ2v) is 5.05. The average Bonchev–Trinajstić information content (AvgIpc) is 2.26. The van der Waals surface area contributed by atoms with Crippen LogP contribution in [0.25, 0.3) is 0 Å². The molecule has 0 saturated heterocycles. The van der Waals surface area contributed by atoms with Crippen LogP contribution in [0.5, 0.6) is 5.75 Å². The molecule has 1 aliphatic rings. The largest absolute Gasteiger partial charge is 0.490 e. The normalized spacial score (nSPS) is 15.1. The van der Waals surface area contributed by atoms with Gasteiger partial charge < -0.3 is 9.64 Å². The number of anilines is 1. The van der Waals surface area contributed by atoms with Crippen molar-refractivity contribution in [3.63, 3.8) is 0 Å². The Morgan fingerprint density at radius 1 is 1.47 bits per heavy atom. The van der Waals surface area contributed by atoms with Crippen LogP contribution in [0.4, 0.5) is 5.69 Å². The van der Waals surface area contributed by atoms with Gasteiger partial charge in [-0.1, -0.05) is 0 Å². The van der Waals surface area contributed by atoms with Gasteiger partial charge >= 0.3 is 0 Å². The van der Waals surface area contributed by atoms with Crippen molar-refractivity contribution in [2.24, 2.45) is 0 Å². The molecule has 0 radical (unpaired) electrons. The Hall–Kier alpha value is -1.60. The lowest BCUT2D eigenvalue weighted by atomic mass is 10.2. The number of nitrogens with zero attached hydrogens (tertiary/aromatic N) is 1. The van der Waals surface area contributed by atoms with E-state index in [1.54, 1.807) is 0 Å². The summed E-state index contributed by atoms with van der Waals surface area (Å²) in [5.74, 6) is 0.223. The van der Waals surface area contributed by atoms with Gasteiger partial charge in [0, 0.05) is 6.92 Å². The molecule has 2 rings (SSSR count). The molecule has 1 aliphatic heterocycles. The van der Waals surface area contributed by atoms with Crippen LogP contribution in [-0.4, -0.2) is 32.0 Å². The van der Waals surface area contributed by atoms with Crippen LogP contribution in [0, 0.1) is 0 Å². The molecule has 0 bridgehead atoms. The highest BCUT2D eigenvalue weighted by Crippen LogP contribution is 2.33. The molecule has 1 heterocycles. The molecule has 0 saturated carbocycles. The lowest BCUT2D eigenvalue weighted by Crippen LogP contribution is -2.36. The zero-order chi connectivity index (χ0) is 12.6. The minimum atomic E-state index is -4.28. The third-order valence-corrected chi connectivity index (χ3v) is 3.32. The van der Waals surface area contributed by atoms with E-state index in [4.69, 9.17) is 9.29 Å². The minimum absolute atomic E-state index is 0.206. The van der Waals surface area contributed by atoms with Gasteiger partial charge in [-0.05, 0) is 18.2 Å². The predicted molar refractivity (Wildman–Crippen MR) is 59.8 cm³/mol. The summed E-state index contributed by atoms with van der Waals surface area (Å²) in [5, 5.41) is 0. The number of fused-ring (bicyclic) bond motifs is 1. The summed E-state index contributed by atoms with van der Waals surface area (Å²) in [6, 6.07) is 3.89. The second-order valence-electron chi connectivity index (χ2n) is 3.62. The van der Waals surface area contributed by atoms with Crippen molar-refractivity contribution in [2.45, 2.75) is 11.8 Å². The van der Waals surface area contributed by atoms with E-state index in [-0.39, 0.29) is 10.8 Å². The Kier molecular flexibility index (Phi) is 2.80. The Morgan fingerprint density at radius 3 is 2.76 bits per heavy atom. The molecule has 92 valence electrons. The van der Waals surface area contributed by atoms with Gasteiger partial charge in [0.25, 0.3) is 10.1 Å². The minimum Gasteiger partial charge on any atom is -0.490 e. The van der Waals surface area contributed by atoms with Gasteiger partial charge in [0.2, 0.25) is 5.91 Å². The van der Waals surface area contributed by atoms with Crippen molar-refractivity contribution in [2.75, 3.05) is 18.1 Å². The molecule has 0 fully saturated rings. The molecule has 0 aliphatic carbocycles. The number of carbonyl (C=O) groups excluding carboxylic acids is 1. The fraction of sp³-hybridized carbons (Fsp3) is 0.300. The topological polar surface area (TPSA) is 83.9 Å². The molecule has 17 heavy (non-hydrogen) atoms. The van der Waals surface area contributed by atoms with Crippen LogP contribution >= 0.6 is 0 Å². The van der Waals surface area contributed by atoms with E-state index in [1.165, 1.54) is 30.0 Å². The lowest BCUT2D eigenvalue weighted by molar-refractivity contribution is -0.116. The smallest absolute Gasteiger partial charge is 0.294 e. The quantitative estimate of drug-likeness (QED) is 0.748. The third-order valence-electron chi connectivity index (χ3n) is 2.47. The summed E-state index contributed by atoms with van der Waals surface area (Å²) in [7, 11) is -4.28. The maximum atomic E-state index is 11.4. The van der Waals surface area contributed by atoms with Gasteiger partial charge in [-0.3, -0.25) is 9.35 Å². The molecule has 1 aromatic rings. The van der Waals surface area contributed by atoms with Crippen LogP contribution in [0.3, 0.4) is 0 Å². The number of benzene rings is 1. The molecule has 6 nitrogen and oxygen atoms in total. The number of ether oxygens (including phenoxy) is 1. The molecule has 1 N–H and O–H groups in total. The van der Waals surface area contributed by atoms with Gasteiger partial charge in [0.15, 0.2) is 0 Å². The third kappa shape index (κ3) is 2.25. The molecular formula is C10H11NO5S. The molecule has 1 amide bonds. The first-order valence-electron chi connectivity index (χ1n) is 4.92. The fourth-order valence-electron chi connectivity index (χ4n) is 1.69. The predicted octanol–water partition coefficient (Wildman–Crippen LogP) is 0.679. The second kappa shape index (κ2) is 4.01. The number of carbonyl (C=O) groups is 1. The Labute approximate surface area is 98.5 Å². The zero-order valence-electron chi connectivity index (χ0n) is 9.08. The van der Waals surface area contributed by atoms with Gasteiger partial charge in [-0.15, -0.1) is 0 Å². The maximum absolute atomic E-state index is 11.4. The zero-order valence-corrected chi connectivity index (χ0v) is 9.90. The molecule has 0 unspecified atom stereocenters. The Morgan fingerprint density at radius 2 is 2.18 bits per heavy atom. The van der Waals surface area contributed by atoms with Gasteiger partial charge in [0.1, 0.15) is 12.4 Å². The summed E-state index contributed by atoms with van der Waals surface area (Å²) in [6.45, 7) is 2.10. The summed E-state index contributed by atoms with van der Waals surface area (Å²) < 4.78 is 36.3. The van der Waals surface area contributed by atoms with E-state index in [0.717, 1.165) is 0 Å². The lowest BCUT2D eigenvalue weighted by Gasteiger charge is -2.28. The first-order chi connectivity index (χ1) is 7.89. The maximum Gasteiger partial charge on any atom is 0.294 e. The van der Waals surface area contributed by atoms with Crippen molar-refractivity contribution in [3.05, 3.63) is 18.2 Å². The summed E-state index contributed by atoms with van der Waals surface area (Å²) in [4.78, 5) is 12.5. The van der Waals surface area contributed by atoms with Crippen LogP contribution < -0.4 is 9.64 Å². The summed E-state index contributed by atoms with van der Waals surface area (Å²) in [5.41, 5.74) is 0.360. The molecule has 7 heteroatoms. The van der Waals surface area contributed by atoms with E-state index < -0.39 is 10.1 Å². The van der Waals surface area contributed by atoms with Crippen molar-refractivity contribution < 1.29 is 22.5 Å². The van der Waals surface area contributed by atoms with Crippen LogP contribution in [0.15, 0.2) is 23.1 Å². The molecule has 1 aromatic carbocycles. The van der Waals surface area contributed by atoms with Crippen molar-refractivity contribution >= 4 is 21.7 Å². The van der Waals surface area contributed by atoms with Crippen molar-refractivity contribution in [1.82, 2.24) is 0 Å². The molecule has 0 atom stereocenters. The SMILES string of the molecule is CC(=O)N1CCOc2ccc(S(=O)(=O)O)cc21. The van der Waals surface area contributed by atoms with E-state index in [2.05, 4.69) is 0 Å². The highest BCUT2D eigenvalue weighted by molar-refractivity contribution is 7.85. The van der Waals surface area contributed by atoms with Crippen LogP contribution in [0.1, 0.15) is 6.92 Å². The highest BCUT2D eigenvalue weighted by atomic mass is 32.2. The van der Waals surface area contributed by atoms with Gasteiger partial charge in [-0.2, -0.15) is 8.42 Å². The first kappa shape index (κ1) is 11.9. The molecule has 0 aromatic heterocycles. The number of rotatable bonds is 1. The number of amides is 1. The van der Waals surface area contributed by atoms with Crippen LogP contribution in [0.2, 0.25) is 0 Å². The number of hydrogen-bond acceptors (Lipinski definition) is 4. The standard InChI is InChI=1S/C10H11NO5S/c1-7(12)11-4-5-16-10-3-2-8(6-9(10)11)17(13,14)15/h2-3,6H,4-5H2,1H3,(H,13,14,15). The summed E-state index contributed by atoms with van der Waals surface area (Å²) in [6.07, 6.45) is 0. The Balaban J connectivity index is 2.55. The monoisotopic (exact) mass is 257 g/mol. The van der Waals surface area contributed by atoms with Crippen molar-refractivity contribution in [3.8, 4) is 5.75 Å². The van der Waals surface area contributed by atoms with E-state index in [1.807, 2.05) is 0 Å². The van der Waals surface area contributed by atoms with Gasteiger partial charge in [0.05, 0.1) is 17.1 Å². The number of hydrogen-bond donors (Lipinski definition) is 1. The Bertz CT molecular complexity index is 566. The van der Waals surface area contributed by atoms with Crippen LogP contribution in [-0.2, 0) is 14.9 Å². The highest BCUT2D eigenvalue weighted by Gasteiger charge is 2.23. The van der Waals surface area contributed by atoms with E-state index in [9.17, 15) is 13.2 Å². The van der Waals surface area contributed by atoms with E-state index >= 15 is 0 Å². The first-order valence-corrected chi connectivity index (χ1v) is 6.36. The van der Waals surface area contributed by atoms with E-state index in [0.29, 0.717) is 24.6 Å². The van der Waals surface area contributed by atoms with Crippen molar-refractivity contribution in [1.29, 1.82) is 0 Å². The fourth-order valence-corrected chi connectivity index (χ4v) is 2.19. The molecule has 0 spiro atoms. The average molecular weight is 257 g/mol. The molecular weight excluding hydrogens is 246 g/mol. The summed E-state index contributed by atoms with van der Waals surface area (Å²) >= 11 is 0. The van der Waals surface area contributed by atoms with Gasteiger partial charge in [-0.25, -0.2) is 0 Å².